The Morgan fingerprint density at radius 3 is 0.700 bits per heavy atom. The molecule has 22 heteroatoms. The Balaban J connectivity index is 0.000000234. The van der Waals surface area contributed by atoms with Crippen molar-refractivity contribution >= 4 is 46.6 Å². The minimum absolute atomic E-state index is 0.0126. The SMILES string of the molecule is CC(C)(c1ccc(Oc2ccc(N)c(C(=O)O)c2)cc1)c1ccc(Oc2ccc(N)c(C(=O)O)c2)cc1.Nc1ccc(Oc2ccc(C(c3ccc(Oc4ccc(N)c(C(=O)O)c4)cc3)(C(F)(F)F)C(F)(F)F)cc2)cc1C(=O)O. The molecule has 0 heterocycles. The summed E-state index contributed by atoms with van der Waals surface area (Å²) in [7, 11) is 0. The van der Waals surface area contributed by atoms with E-state index in [2.05, 4.69) is 13.8 Å². The first-order valence-corrected chi connectivity index (χ1v) is 23.4. The largest absolute Gasteiger partial charge is 0.478 e. The summed E-state index contributed by atoms with van der Waals surface area (Å²) in [6.45, 7) is 4.19. The molecular weight excluding hydrogens is 1060 g/mol. The average molecular weight is 1110 g/mol. The normalized spacial score (nSPS) is 11.6. The molecule has 16 nitrogen and oxygen atoms in total. The predicted molar refractivity (Wildman–Crippen MR) is 282 cm³/mol. The fourth-order valence-electron chi connectivity index (χ4n) is 8.25. The summed E-state index contributed by atoms with van der Waals surface area (Å²) in [6, 6.07) is 37.2. The van der Waals surface area contributed by atoms with E-state index in [1.165, 1.54) is 48.5 Å². The van der Waals surface area contributed by atoms with Crippen molar-refractivity contribution in [1.82, 2.24) is 0 Å². The number of hydrogen-bond acceptors (Lipinski definition) is 12. The highest BCUT2D eigenvalue weighted by Gasteiger charge is 2.72. The average Bonchev–Trinajstić information content (AvgIpc) is 3.39. The summed E-state index contributed by atoms with van der Waals surface area (Å²) in [6.07, 6.45) is -11.7. The molecule has 8 aromatic rings. The number of carboxylic acids is 4. The van der Waals surface area contributed by atoms with Gasteiger partial charge < -0.3 is 62.3 Å². The zero-order chi connectivity index (χ0) is 58.5. The fourth-order valence-corrected chi connectivity index (χ4v) is 8.25. The molecule has 0 saturated heterocycles. The van der Waals surface area contributed by atoms with Crippen LogP contribution in [0.2, 0.25) is 0 Å². The molecule has 0 radical (unpaired) electrons. The Kier molecular flexibility index (Phi) is 16.3. The van der Waals surface area contributed by atoms with Gasteiger partial charge in [-0.05, 0) is 144 Å². The number of nitrogens with two attached hydrogens (primary N) is 4. The highest BCUT2D eigenvalue weighted by molar-refractivity contribution is 5.96. The number of ether oxygens (including phenoxy) is 4. The number of alkyl halides is 6. The van der Waals surface area contributed by atoms with Crippen LogP contribution in [0.1, 0.15) is 77.5 Å². The molecule has 0 aliphatic rings. The van der Waals surface area contributed by atoms with E-state index in [-0.39, 0.29) is 73.4 Å². The van der Waals surface area contributed by atoms with Gasteiger partial charge in [-0.1, -0.05) is 62.4 Å². The summed E-state index contributed by atoms with van der Waals surface area (Å²) in [5.41, 5.74) is 17.1. The van der Waals surface area contributed by atoms with Crippen molar-refractivity contribution in [3.05, 3.63) is 214 Å². The van der Waals surface area contributed by atoms with Gasteiger partial charge in [0.25, 0.3) is 0 Å². The van der Waals surface area contributed by atoms with Crippen LogP contribution in [0.5, 0.6) is 46.0 Å². The lowest BCUT2D eigenvalue weighted by molar-refractivity contribution is -0.288. The predicted octanol–water partition coefficient (Wildman–Crippen LogP) is 13.4. The molecule has 412 valence electrons. The number of rotatable bonds is 16. The van der Waals surface area contributed by atoms with Gasteiger partial charge >= 0.3 is 36.2 Å². The summed E-state index contributed by atoms with van der Waals surface area (Å²) >= 11 is 0. The second-order valence-electron chi connectivity index (χ2n) is 18.1. The fraction of sp³-hybridized carbons (Fsp3) is 0.103. The molecule has 0 saturated carbocycles. The Bertz CT molecular complexity index is 3380. The van der Waals surface area contributed by atoms with E-state index in [1.807, 2.05) is 48.5 Å². The summed E-state index contributed by atoms with van der Waals surface area (Å²) < 4.78 is 110. The lowest BCUT2D eigenvalue weighted by Crippen LogP contribution is -2.54. The molecule has 0 atom stereocenters. The van der Waals surface area contributed by atoms with Crippen molar-refractivity contribution in [3.63, 3.8) is 0 Å². The van der Waals surface area contributed by atoms with Crippen LogP contribution in [0.15, 0.2) is 170 Å². The van der Waals surface area contributed by atoms with Gasteiger partial charge in [-0.3, -0.25) is 0 Å². The standard InChI is InChI=1S/C29H20F6N2O6.C29H26N2O6/c30-28(31,32)27(29(33,34)35,15-1-5-17(6-2-15)42-19-9-11-23(36)21(13-19)25(38)39)16-3-7-18(8-4-16)43-20-10-12-24(37)22(14-20)26(40)41;1-29(2,17-3-7-19(8-4-17)36-21-11-13-25(30)23(15-21)27(32)33)18-5-9-20(10-6-18)37-22-12-14-26(31)24(16-22)28(34)35/h1-14H,36-37H2,(H,38,39)(H,40,41);3-16H,30-31H2,1-2H3,(H,32,33)(H,34,35). The van der Waals surface area contributed by atoms with E-state index in [0.29, 0.717) is 47.3 Å². The van der Waals surface area contributed by atoms with E-state index in [4.69, 9.17) is 41.9 Å². The molecule has 80 heavy (non-hydrogen) atoms. The number of aromatic carboxylic acids is 4. The smallest absolute Gasteiger partial charge is 0.411 e. The van der Waals surface area contributed by atoms with Crippen LogP contribution in [0, 0.1) is 0 Å². The van der Waals surface area contributed by atoms with E-state index in [1.54, 1.807) is 12.1 Å². The Morgan fingerprint density at radius 1 is 0.325 bits per heavy atom. The molecule has 0 spiro atoms. The van der Waals surface area contributed by atoms with Gasteiger partial charge in [0.15, 0.2) is 0 Å². The summed E-state index contributed by atoms with van der Waals surface area (Å²) in [5, 5.41) is 36.9. The van der Waals surface area contributed by atoms with E-state index < -0.39 is 52.8 Å². The van der Waals surface area contributed by atoms with Crippen LogP contribution in [0.3, 0.4) is 0 Å². The molecule has 8 aromatic carbocycles. The number of benzene rings is 8. The third-order valence-electron chi connectivity index (χ3n) is 12.5. The summed E-state index contributed by atoms with van der Waals surface area (Å²) in [5.74, 6) is -3.55. The van der Waals surface area contributed by atoms with Gasteiger partial charge in [0.1, 0.15) is 46.0 Å². The highest BCUT2D eigenvalue weighted by atomic mass is 19.4. The van der Waals surface area contributed by atoms with Gasteiger partial charge in [-0.25, -0.2) is 19.2 Å². The molecular formula is C58H46F6N4O12. The maximum absolute atomic E-state index is 14.5. The Hall–Kier alpha value is -10.4. The molecule has 0 fully saturated rings. The zero-order valence-corrected chi connectivity index (χ0v) is 41.8. The number of halogens is 6. The molecule has 0 aliphatic heterocycles. The first-order valence-electron chi connectivity index (χ1n) is 23.4. The van der Waals surface area contributed by atoms with Gasteiger partial charge in [-0.2, -0.15) is 26.3 Å². The van der Waals surface area contributed by atoms with Gasteiger partial charge in [0.2, 0.25) is 5.41 Å². The van der Waals surface area contributed by atoms with Gasteiger partial charge in [-0.15, -0.1) is 0 Å². The highest BCUT2D eigenvalue weighted by Crippen LogP contribution is 2.56. The first kappa shape index (κ1) is 57.3. The third kappa shape index (κ3) is 12.4. The number of carbonyl (C=O) groups is 4. The lowest BCUT2D eigenvalue weighted by atomic mass is 9.73. The maximum Gasteiger partial charge on any atom is 0.411 e. The first-order chi connectivity index (χ1) is 37.6. The van der Waals surface area contributed by atoms with Gasteiger partial charge in [0, 0.05) is 28.2 Å². The van der Waals surface area contributed by atoms with E-state index in [0.717, 1.165) is 47.5 Å². The van der Waals surface area contributed by atoms with Crippen LogP contribution >= 0.6 is 0 Å². The second-order valence-corrected chi connectivity index (χ2v) is 18.1. The van der Waals surface area contributed by atoms with Crippen LogP contribution in [0.25, 0.3) is 0 Å². The monoisotopic (exact) mass is 1100 g/mol. The Labute approximate surface area is 450 Å². The molecule has 0 aromatic heterocycles. The number of hydrogen-bond donors (Lipinski definition) is 8. The van der Waals surface area contributed by atoms with Crippen LogP contribution in [-0.4, -0.2) is 56.7 Å². The van der Waals surface area contributed by atoms with Crippen molar-refractivity contribution in [3.8, 4) is 46.0 Å². The molecule has 0 unspecified atom stereocenters. The Morgan fingerprint density at radius 2 is 0.512 bits per heavy atom. The van der Waals surface area contributed by atoms with Crippen molar-refractivity contribution in [2.24, 2.45) is 0 Å². The van der Waals surface area contributed by atoms with Gasteiger partial charge in [0.05, 0.1) is 22.3 Å². The van der Waals surface area contributed by atoms with Crippen LogP contribution < -0.4 is 41.9 Å². The number of anilines is 4. The lowest BCUT2D eigenvalue weighted by Gasteiger charge is -2.38. The molecule has 0 bridgehead atoms. The summed E-state index contributed by atoms with van der Waals surface area (Å²) in [4.78, 5) is 45.2. The minimum Gasteiger partial charge on any atom is -0.478 e. The second kappa shape index (κ2) is 22.7. The molecule has 0 amide bonds. The number of carboxylic acid groups (broad SMARTS) is 4. The topological polar surface area (TPSA) is 290 Å². The zero-order valence-electron chi connectivity index (χ0n) is 41.8. The third-order valence-corrected chi connectivity index (χ3v) is 12.5. The van der Waals surface area contributed by atoms with Crippen molar-refractivity contribution in [2.75, 3.05) is 22.9 Å². The van der Waals surface area contributed by atoms with Crippen molar-refractivity contribution < 1.29 is 84.9 Å². The quantitative estimate of drug-likeness (QED) is 0.0330. The van der Waals surface area contributed by atoms with E-state index >= 15 is 0 Å². The minimum atomic E-state index is -5.86. The maximum atomic E-state index is 14.5. The molecule has 12 N–H and O–H groups in total. The van der Waals surface area contributed by atoms with Crippen LogP contribution in [0.4, 0.5) is 49.1 Å². The van der Waals surface area contributed by atoms with E-state index in [9.17, 15) is 65.9 Å². The van der Waals surface area contributed by atoms with Crippen LogP contribution in [-0.2, 0) is 10.8 Å². The van der Waals surface area contributed by atoms with Crippen molar-refractivity contribution in [2.45, 2.75) is 37.0 Å². The number of nitrogen functional groups attached to an aromatic ring is 4. The molecule has 0 aliphatic carbocycles. The molecule has 8 rings (SSSR count). The van der Waals surface area contributed by atoms with Crippen molar-refractivity contribution in [1.29, 1.82) is 0 Å².